The SMILES string of the molecule is COc1cc(CN2CCN([C@H]3CC4(CCN(c5ccc(C(=O)NS(=O)(=O)c6ccc(NCC7CCC(C)(O)CC7)c([N+](=O)[O-])c6)c(N6c7cc8cc[nH]c8nc7O[C@H]7COCC[C@@H]76)c5)CC4)[C@@H]3C)[C@H](c3ccccc3C)C2)cnc1N1CCOCC1. The number of carbonyl (C=O) groups excluding carboxylic acids is 1. The molecule has 0 bridgehead atoms. The Labute approximate surface area is 502 Å². The number of nitrogens with one attached hydrogen (secondary N) is 3. The second-order valence-corrected chi connectivity index (χ2v) is 27.0. The summed E-state index contributed by atoms with van der Waals surface area (Å²) in [5, 5.41) is 26.9. The molecule has 1 spiro atoms. The summed E-state index contributed by atoms with van der Waals surface area (Å²) in [6, 6.07) is 24.5. The number of amides is 1. The molecule has 5 aliphatic heterocycles. The molecule has 3 aromatic heterocycles. The molecule has 1 amide bonds. The number of fused-ring (bicyclic) bond motifs is 3. The largest absolute Gasteiger partial charge is 0.493 e. The van der Waals surface area contributed by atoms with Gasteiger partial charge in [0.15, 0.2) is 11.6 Å². The summed E-state index contributed by atoms with van der Waals surface area (Å²) in [6.45, 7) is 15.8. The molecule has 22 heteroatoms. The number of benzene rings is 3. The minimum atomic E-state index is -4.65. The number of nitro benzene ring substituents is 1. The Bertz CT molecular complexity index is 3610. The van der Waals surface area contributed by atoms with Gasteiger partial charge in [-0.1, -0.05) is 31.2 Å². The van der Waals surface area contributed by atoms with Crippen LogP contribution in [-0.4, -0.2) is 159 Å². The summed E-state index contributed by atoms with van der Waals surface area (Å²) in [4.78, 5) is 51.4. The summed E-state index contributed by atoms with van der Waals surface area (Å²) in [6.07, 6.45) is 9.80. The van der Waals surface area contributed by atoms with Crippen LogP contribution in [0, 0.1) is 34.3 Å². The van der Waals surface area contributed by atoms with Gasteiger partial charge in [-0.2, -0.15) is 4.98 Å². The summed E-state index contributed by atoms with van der Waals surface area (Å²) < 4.78 is 55.0. The van der Waals surface area contributed by atoms with Gasteiger partial charge in [0.2, 0.25) is 5.88 Å². The molecule has 2 aliphatic carbocycles. The number of nitro groups is 1. The molecule has 0 radical (unpaired) electrons. The van der Waals surface area contributed by atoms with Crippen LogP contribution in [0.3, 0.4) is 0 Å². The number of methoxy groups -OCH3 is 1. The van der Waals surface area contributed by atoms with E-state index in [0.29, 0.717) is 87.1 Å². The van der Waals surface area contributed by atoms with E-state index in [9.17, 15) is 28.4 Å². The minimum absolute atomic E-state index is 0.106. The maximum atomic E-state index is 14.9. The minimum Gasteiger partial charge on any atom is -0.493 e. The standard InChI is InChI=1S/C64H79N11O10S/c1-41-7-5-6-8-48(41)56-39-70(38-44-31-57(82-4)60(67-37-44)72-26-29-83-30-27-72)24-25-73(56)55-35-64(42(55)2)19-22-71(23-20-64)46-9-11-49(52(33-46)74-51-16-28-84-40-58(51)85-62-54(74)32-45-15-21-65-59(45)68-62)61(76)69-86(80,81)47-10-12-50(53(34-47)75(78)79)66-36-43-13-17-63(3,77)18-14-43/h5-12,15,21,31-34,37,42-43,51,55-56,58,66,77H,13-14,16-20,22-30,35-36,38-40H2,1-4H3,(H,65,68)(H,69,76)/t42-,43?,51+,55+,56+,58+,63?/m1/s1. The maximum Gasteiger partial charge on any atom is 0.293 e. The Balaban J connectivity index is 0.745. The van der Waals surface area contributed by atoms with Crippen LogP contribution in [0.1, 0.15) is 98.3 Å². The lowest BCUT2D eigenvalue weighted by Crippen LogP contribution is -2.64. The smallest absolute Gasteiger partial charge is 0.293 e. The predicted molar refractivity (Wildman–Crippen MR) is 328 cm³/mol. The van der Waals surface area contributed by atoms with Gasteiger partial charge in [-0.3, -0.25) is 24.7 Å². The summed E-state index contributed by atoms with van der Waals surface area (Å²) in [5.41, 5.74) is 5.77. The third-order valence-corrected chi connectivity index (χ3v) is 21.5. The number of piperazine rings is 1. The fourth-order valence-corrected chi connectivity index (χ4v) is 15.9. The highest BCUT2D eigenvalue weighted by Crippen LogP contribution is 2.57. The lowest BCUT2D eigenvalue weighted by Gasteiger charge is -2.62. The average Bonchev–Trinajstić information content (AvgIpc) is 1.08. The van der Waals surface area contributed by atoms with Crippen molar-refractivity contribution in [1.29, 1.82) is 0 Å². The molecule has 6 fully saturated rings. The molecule has 7 aliphatic rings. The van der Waals surface area contributed by atoms with Crippen LogP contribution in [0.15, 0.2) is 96.2 Å². The van der Waals surface area contributed by atoms with Gasteiger partial charge in [0.05, 0.1) is 59.6 Å². The van der Waals surface area contributed by atoms with Crippen LogP contribution < -0.4 is 34.2 Å². The van der Waals surface area contributed by atoms with Crippen molar-refractivity contribution >= 4 is 61.2 Å². The second-order valence-electron chi connectivity index (χ2n) is 25.3. The van der Waals surface area contributed by atoms with Crippen LogP contribution in [0.2, 0.25) is 0 Å². The molecule has 6 aromatic rings. The molecule has 21 nitrogen and oxygen atoms in total. The molecule has 5 atom stereocenters. The van der Waals surface area contributed by atoms with E-state index in [1.165, 1.54) is 23.3 Å². The highest BCUT2D eigenvalue weighted by Gasteiger charge is 2.55. The third-order valence-electron chi connectivity index (χ3n) is 20.1. The number of aliphatic hydroxyl groups is 1. The normalized spacial score (nSPS) is 26.1. The van der Waals surface area contributed by atoms with Gasteiger partial charge in [0, 0.05) is 107 Å². The van der Waals surface area contributed by atoms with Crippen LogP contribution in [-0.2, 0) is 26.0 Å². The Morgan fingerprint density at radius 2 is 1.71 bits per heavy atom. The number of carbonyl (C=O) groups is 1. The molecule has 13 rings (SSSR count). The van der Waals surface area contributed by atoms with E-state index < -0.39 is 43.1 Å². The number of hydrogen-bond donors (Lipinski definition) is 4. The lowest BCUT2D eigenvalue weighted by molar-refractivity contribution is -0.384. The number of morpholine rings is 1. The summed E-state index contributed by atoms with van der Waals surface area (Å²) in [7, 11) is -2.93. The number of rotatable bonds is 15. The molecule has 456 valence electrons. The fraction of sp³-hybridized carbons (Fsp3) is 0.516. The van der Waals surface area contributed by atoms with Crippen molar-refractivity contribution in [3.63, 3.8) is 0 Å². The van der Waals surface area contributed by atoms with Crippen molar-refractivity contribution in [3.05, 3.63) is 124 Å². The molecular weight excluding hydrogens is 1110 g/mol. The first kappa shape index (κ1) is 58.0. The Hall–Kier alpha value is -7.08. The number of H-pyrrole nitrogens is 1. The molecule has 3 aromatic carbocycles. The number of aryl methyl sites for hydroxylation is 1. The zero-order valence-electron chi connectivity index (χ0n) is 49.6. The quantitative estimate of drug-likeness (QED) is 0.0556. The van der Waals surface area contributed by atoms with Crippen molar-refractivity contribution in [2.75, 3.05) is 106 Å². The molecule has 86 heavy (non-hydrogen) atoms. The zero-order chi connectivity index (χ0) is 59.5. The molecule has 8 heterocycles. The van der Waals surface area contributed by atoms with E-state index in [1.54, 1.807) is 13.2 Å². The number of ether oxygens (including phenoxy) is 4. The van der Waals surface area contributed by atoms with E-state index in [2.05, 4.69) is 83.7 Å². The van der Waals surface area contributed by atoms with Crippen molar-refractivity contribution < 1.29 is 42.2 Å². The topological polar surface area (TPSA) is 233 Å². The van der Waals surface area contributed by atoms with Crippen molar-refractivity contribution in [2.24, 2.45) is 17.3 Å². The summed E-state index contributed by atoms with van der Waals surface area (Å²) in [5.74, 6) is 1.79. The fourth-order valence-electron chi connectivity index (χ4n) is 15.0. The Kier molecular flexibility index (Phi) is 15.9. The molecule has 4 saturated heterocycles. The first-order chi connectivity index (χ1) is 41.5. The molecular formula is C64H79N11O10S. The van der Waals surface area contributed by atoms with E-state index in [1.807, 2.05) is 43.6 Å². The molecule has 4 N–H and O–H groups in total. The van der Waals surface area contributed by atoms with E-state index >= 15 is 0 Å². The van der Waals surface area contributed by atoms with Crippen molar-refractivity contribution in [3.8, 4) is 11.6 Å². The number of sulfonamides is 1. The van der Waals surface area contributed by atoms with Crippen LogP contribution >= 0.6 is 0 Å². The second kappa shape index (κ2) is 23.5. The van der Waals surface area contributed by atoms with Gasteiger partial charge in [0.25, 0.3) is 21.6 Å². The summed E-state index contributed by atoms with van der Waals surface area (Å²) >= 11 is 0. The monoisotopic (exact) mass is 1190 g/mol. The van der Waals surface area contributed by atoms with Crippen LogP contribution in [0.5, 0.6) is 11.6 Å². The molecule has 0 unspecified atom stereocenters. The highest BCUT2D eigenvalue weighted by molar-refractivity contribution is 7.90. The lowest BCUT2D eigenvalue weighted by atomic mass is 9.53. The van der Waals surface area contributed by atoms with Gasteiger partial charge in [-0.25, -0.2) is 18.1 Å². The van der Waals surface area contributed by atoms with Crippen molar-refractivity contribution in [1.82, 2.24) is 29.5 Å². The number of hydrogen-bond acceptors (Lipinski definition) is 18. The number of aromatic amines is 1. The van der Waals surface area contributed by atoms with Crippen molar-refractivity contribution in [2.45, 2.75) is 113 Å². The van der Waals surface area contributed by atoms with Crippen LogP contribution in [0.4, 0.5) is 34.3 Å². The van der Waals surface area contributed by atoms with Gasteiger partial charge in [-0.05, 0) is 148 Å². The van der Waals surface area contributed by atoms with Gasteiger partial charge < -0.3 is 49.1 Å². The number of anilines is 5. The highest BCUT2D eigenvalue weighted by atomic mass is 32.2. The van der Waals surface area contributed by atoms with Gasteiger partial charge in [-0.15, -0.1) is 0 Å². The molecule has 2 saturated carbocycles. The van der Waals surface area contributed by atoms with Gasteiger partial charge >= 0.3 is 0 Å². The van der Waals surface area contributed by atoms with Gasteiger partial charge in [0.1, 0.15) is 23.1 Å². The predicted octanol–water partition coefficient (Wildman–Crippen LogP) is 8.73. The van der Waals surface area contributed by atoms with E-state index in [0.717, 1.165) is 119 Å². The van der Waals surface area contributed by atoms with E-state index in [4.69, 9.17) is 28.9 Å². The maximum absolute atomic E-state index is 14.9. The number of pyridine rings is 2. The third kappa shape index (κ3) is 11.3. The number of nitrogens with zero attached hydrogens (tertiary/aromatic N) is 8. The Morgan fingerprint density at radius 3 is 2.48 bits per heavy atom. The first-order valence-electron chi connectivity index (χ1n) is 30.7. The number of aromatic nitrogens is 3. The first-order valence-corrected chi connectivity index (χ1v) is 32.1. The van der Waals surface area contributed by atoms with Crippen LogP contribution in [0.25, 0.3) is 11.0 Å². The average molecular weight is 1190 g/mol. The number of piperidine rings is 1. The Morgan fingerprint density at radius 1 is 0.907 bits per heavy atom. The zero-order valence-corrected chi connectivity index (χ0v) is 50.4. The van der Waals surface area contributed by atoms with E-state index in [-0.39, 0.29) is 34.7 Å².